The minimum atomic E-state index is -4.46. The number of nitrogens with two attached hydrogens (primary N) is 1. The molecule has 0 aliphatic carbocycles. The third-order valence-electron chi connectivity index (χ3n) is 2.23. The molecule has 0 radical (unpaired) electrons. The molecule has 0 saturated carbocycles. The van der Waals surface area contributed by atoms with Crippen LogP contribution in [0, 0.1) is 5.82 Å². The van der Waals surface area contributed by atoms with Crippen molar-refractivity contribution in [2.75, 3.05) is 7.11 Å². The molecule has 0 bridgehead atoms. The highest BCUT2D eigenvalue weighted by Gasteiger charge is 2.48. The van der Waals surface area contributed by atoms with Crippen LogP contribution in [0.15, 0.2) is 18.2 Å². The Balaban J connectivity index is 3.19. The summed E-state index contributed by atoms with van der Waals surface area (Å²) in [7, 11) is 1.14. The fourth-order valence-corrected chi connectivity index (χ4v) is 1.29. The molecule has 0 amide bonds. The maximum absolute atomic E-state index is 13.0. The van der Waals surface area contributed by atoms with Crippen LogP contribution in [0.2, 0.25) is 0 Å². The number of rotatable bonds is 4. The van der Waals surface area contributed by atoms with Gasteiger partial charge in [-0.15, -0.1) is 0 Å². The first-order valence-corrected chi connectivity index (χ1v) is 4.55. The number of benzene rings is 1. The van der Waals surface area contributed by atoms with Gasteiger partial charge in [-0.25, -0.2) is 13.2 Å². The zero-order valence-corrected chi connectivity index (χ0v) is 8.76. The van der Waals surface area contributed by atoms with Crippen molar-refractivity contribution in [3.8, 4) is 5.75 Å². The van der Waals surface area contributed by atoms with Crippen LogP contribution in [0.3, 0.4) is 0 Å². The molecule has 7 heteroatoms. The van der Waals surface area contributed by atoms with Crippen molar-refractivity contribution < 1.29 is 26.7 Å². The molecule has 0 aliphatic rings. The Morgan fingerprint density at radius 1 is 1.29 bits per heavy atom. The molecule has 1 aromatic carbocycles. The van der Waals surface area contributed by atoms with Gasteiger partial charge in [-0.3, -0.25) is 0 Å². The Hall–Kier alpha value is -1.37. The van der Waals surface area contributed by atoms with Gasteiger partial charge in [0.15, 0.2) is 0 Å². The summed E-state index contributed by atoms with van der Waals surface area (Å²) in [4.78, 5) is 0. The van der Waals surface area contributed by atoms with Crippen LogP contribution < -0.4 is 10.5 Å². The molecule has 0 saturated heterocycles. The summed E-state index contributed by atoms with van der Waals surface area (Å²) in [5.74, 6) is -5.48. The average molecular weight is 255 g/mol. The molecule has 0 heterocycles. The summed E-state index contributed by atoms with van der Waals surface area (Å²) in [6, 6.07) is 0.315. The number of alkyl halides is 4. The van der Waals surface area contributed by atoms with Gasteiger partial charge in [0, 0.05) is 5.56 Å². The lowest BCUT2D eigenvalue weighted by Crippen LogP contribution is -2.39. The Labute approximate surface area is 94.2 Å². The lowest BCUT2D eigenvalue weighted by Gasteiger charge is -2.24. The molecule has 2 N–H and O–H groups in total. The van der Waals surface area contributed by atoms with Gasteiger partial charge in [0.2, 0.25) is 0 Å². The van der Waals surface area contributed by atoms with Gasteiger partial charge in [0.05, 0.1) is 7.11 Å². The van der Waals surface area contributed by atoms with E-state index >= 15 is 0 Å². The molecule has 1 rings (SSSR count). The number of hydrogen-bond donors (Lipinski definition) is 1. The van der Waals surface area contributed by atoms with Gasteiger partial charge in [-0.2, -0.15) is 8.78 Å². The zero-order chi connectivity index (χ0) is 13.2. The summed E-state index contributed by atoms with van der Waals surface area (Å²) in [5.41, 5.74) is 4.54. The van der Waals surface area contributed by atoms with Crippen LogP contribution in [-0.4, -0.2) is 19.5 Å². The van der Waals surface area contributed by atoms with E-state index in [-0.39, 0.29) is 5.75 Å². The first-order chi connectivity index (χ1) is 7.80. The van der Waals surface area contributed by atoms with Gasteiger partial charge in [0.25, 0.3) is 0 Å². The third kappa shape index (κ3) is 2.66. The number of hydrogen-bond acceptors (Lipinski definition) is 2. The summed E-state index contributed by atoms with van der Waals surface area (Å²) >= 11 is 0. The molecule has 96 valence electrons. The molecule has 0 aliphatic heterocycles. The molecule has 0 aromatic heterocycles. The first kappa shape index (κ1) is 13.7. The molecule has 1 atom stereocenters. The maximum atomic E-state index is 13.0. The van der Waals surface area contributed by atoms with Crippen molar-refractivity contribution in [1.82, 2.24) is 0 Å². The van der Waals surface area contributed by atoms with Crippen molar-refractivity contribution in [3.05, 3.63) is 29.6 Å². The van der Waals surface area contributed by atoms with E-state index in [0.717, 1.165) is 19.2 Å². The zero-order valence-electron chi connectivity index (χ0n) is 8.76. The average Bonchev–Trinajstić information content (AvgIpc) is 2.27. The second kappa shape index (κ2) is 4.87. The minimum absolute atomic E-state index is 0.167. The van der Waals surface area contributed by atoms with Gasteiger partial charge in [-0.05, 0) is 18.2 Å². The topological polar surface area (TPSA) is 35.2 Å². The van der Waals surface area contributed by atoms with Crippen LogP contribution in [0.25, 0.3) is 0 Å². The Morgan fingerprint density at radius 3 is 2.35 bits per heavy atom. The third-order valence-corrected chi connectivity index (χ3v) is 2.23. The predicted molar refractivity (Wildman–Crippen MR) is 50.8 cm³/mol. The molecule has 0 spiro atoms. The highest BCUT2D eigenvalue weighted by atomic mass is 19.3. The number of methoxy groups -OCH3 is 1. The molecule has 0 fully saturated rings. The molecule has 2 nitrogen and oxygen atoms in total. The van der Waals surface area contributed by atoms with E-state index in [4.69, 9.17) is 5.73 Å². The largest absolute Gasteiger partial charge is 0.496 e. The Kier molecular flexibility index (Phi) is 3.92. The summed E-state index contributed by atoms with van der Waals surface area (Å²) in [6.45, 7) is 0. The van der Waals surface area contributed by atoms with Crippen molar-refractivity contribution >= 4 is 0 Å². The summed E-state index contributed by atoms with van der Waals surface area (Å²) < 4.78 is 67.8. The van der Waals surface area contributed by atoms with Crippen molar-refractivity contribution in [2.45, 2.75) is 18.4 Å². The van der Waals surface area contributed by atoms with Crippen molar-refractivity contribution in [3.63, 3.8) is 0 Å². The lowest BCUT2D eigenvalue weighted by molar-refractivity contribution is -0.144. The Bertz CT molecular complexity index is 396. The van der Waals surface area contributed by atoms with Crippen LogP contribution in [-0.2, 0) is 0 Å². The van der Waals surface area contributed by atoms with Gasteiger partial charge >= 0.3 is 12.3 Å². The van der Waals surface area contributed by atoms with Crippen LogP contribution in [0.1, 0.15) is 11.6 Å². The molecule has 17 heavy (non-hydrogen) atoms. The van der Waals surface area contributed by atoms with E-state index in [0.29, 0.717) is 6.07 Å². The maximum Gasteiger partial charge on any atom is 0.326 e. The summed E-state index contributed by atoms with van der Waals surface area (Å²) in [5, 5.41) is 0. The second-order valence-corrected chi connectivity index (χ2v) is 3.34. The molecular weight excluding hydrogens is 245 g/mol. The molecular formula is C10H10F5NO. The van der Waals surface area contributed by atoms with E-state index in [2.05, 4.69) is 4.74 Å². The van der Waals surface area contributed by atoms with Gasteiger partial charge in [-0.1, -0.05) is 0 Å². The molecule has 1 unspecified atom stereocenters. The van der Waals surface area contributed by atoms with Crippen molar-refractivity contribution in [2.24, 2.45) is 5.73 Å². The van der Waals surface area contributed by atoms with E-state index in [1.54, 1.807) is 0 Å². The van der Waals surface area contributed by atoms with Crippen LogP contribution in [0.4, 0.5) is 22.0 Å². The van der Waals surface area contributed by atoms with Crippen LogP contribution in [0.5, 0.6) is 5.75 Å². The van der Waals surface area contributed by atoms with E-state index in [1.807, 2.05) is 0 Å². The molecule has 1 aromatic rings. The quantitative estimate of drug-likeness (QED) is 0.839. The van der Waals surface area contributed by atoms with E-state index in [1.165, 1.54) is 0 Å². The highest BCUT2D eigenvalue weighted by Crippen LogP contribution is 2.38. The van der Waals surface area contributed by atoms with Gasteiger partial charge in [0.1, 0.15) is 17.6 Å². The standard InChI is InChI=1S/C10H10F5NO/c1-17-7-3-2-5(11)4-6(7)8(16)10(14,15)9(12)13/h2-4,8-9H,16H2,1H3. The Morgan fingerprint density at radius 2 is 1.88 bits per heavy atom. The second-order valence-electron chi connectivity index (χ2n) is 3.34. The fourth-order valence-electron chi connectivity index (χ4n) is 1.29. The predicted octanol–water partition coefficient (Wildman–Crippen LogP) is 2.73. The SMILES string of the molecule is COc1ccc(F)cc1C(N)C(F)(F)C(F)F. The first-order valence-electron chi connectivity index (χ1n) is 4.55. The van der Waals surface area contributed by atoms with E-state index < -0.39 is 29.8 Å². The smallest absolute Gasteiger partial charge is 0.326 e. The summed E-state index contributed by atoms with van der Waals surface area (Å²) in [6.07, 6.45) is -3.94. The van der Waals surface area contributed by atoms with E-state index in [9.17, 15) is 22.0 Å². The highest BCUT2D eigenvalue weighted by molar-refractivity contribution is 5.37. The fraction of sp³-hybridized carbons (Fsp3) is 0.400. The monoisotopic (exact) mass is 255 g/mol. The normalized spacial score (nSPS) is 13.9. The minimum Gasteiger partial charge on any atom is -0.496 e. The number of halogens is 5. The van der Waals surface area contributed by atoms with Gasteiger partial charge < -0.3 is 10.5 Å². The van der Waals surface area contributed by atoms with Crippen molar-refractivity contribution in [1.29, 1.82) is 0 Å². The number of ether oxygens (including phenoxy) is 1. The van der Waals surface area contributed by atoms with Crippen LogP contribution >= 0.6 is 0 Å². The lowest BCUT2D eigenvalue weighted by atomic mass is 10.0.